The highest BCUT2D eigenvalue weighted by molar-refractivity contribution is 5.90. The molecule has 1 rings (SSSR count). The second-order valence-electron chi connectivity index (χ2n) is 5.62. The van der Waals surface area contributed by atoms with Gasteiger partial charge in [0.15, 0.2) is 0 Å². The first-order chi connectivity index (χ1) is 9.55. The maximum Gasteiger partial charge on any atom is 0.224 e. The largest absolute Gasteiger partial charge is 0.380 e. The number of nitrogens with two attached hydrogens (primary N) is 1. The number of rotatable bonds is 8. The lowest BCUT2D eigenvalue weighted by Crippen LogP contribution is -2.23. The molecular weight excluding hydrogens is 252 g/mol. The van der Waals surface area contributed by atoms with Crippen molar-refractivity contribution in [3.63, 3.8) is 0 Å². The Labute approximate surface area is 121 Å². The third-order valence-electron chi connectivity index (χ3n) is 3.13. The van der Waals surface area contributed by atoms with Crippen molar-refractivity contribution in [3.8, 4) is 0 Å². The summed E-state index contributed by atoms with van der Waals surface area (Å²) in [6.07, 6.45) is 1.46. The molecule has 1 aromatic rings. The van der Waals surface area contributed by atoms with Crippen LogP contribution in [0.5, 0.6) is 0 Å². The van der Waals surface area contributed by atoms with Gasteiger partial charge in [-0.05, 0) is 42.5 Å². The van der Waals surface area contributed by atoms with Crippen LogP contribution in [0.25, 0.3) is 0 Å². The van der Waals surface area contributed by atoms with Crippen molar-refractivity contribution in [2.24, 2.45) is 17.6 Å². The Morgan fingerprint density at radius 3 is 2.75 bits per heavy atom. The number of hydrogen-bond acceptors (Lipinski definition) is 3. The number of nitrogens with one attached hydrogen (secondary N) is 1. The third kappa shape index (κ3) is 6.17. The highest BCUT2D eigenvalue weighted by Gasteiger charge is 2.14. The van der Waals surface area contributed by atoms with Gasteiger partial charge in [-0.25, -0.2) is 0 Å². The van der Waals surface area contributed by atoms with Crippen molar-refractivity contribution in [3.05, 3.63) is 29.8 Å². The predicted molar refractivity (Wildman–Crippen MR) is 82.4 cm³/mol. The van der Waals surface area contributed by atoms with Crippen molar-refractivity contribution < 1.29 is 9.53 Å². The molecular formula is C16H26N2O2. The van der Waals surface area contributed by atoms with E-state index >= 15 is 0 Å². The van der Waals surface area contributed by atoms with Crippen molar-refractivity contribution in [2.75, 3.05) is 19.0 Å². The second kappa shape index (κ2) is 8.72. The zero-order valence-electron chi connectivity index (χ0n) is 12.7. The maximum absolute atomic E-state index is 12.0. The topological polar surface area (TPSA) is 64.3 Å². The van der Waals surface area contributed by atoms with E-state index in [1.165, 1.54) is 0 Å². The van der Waals surface area contributed by atoms with E-state index < -0.39 is 0 Å². The summed E-state index contributed by atoms with van der Waals surface area (Å²) in [5, 5.41) is 2.93. The van der Waals surface area contributed by atoms with Crippen LogP contribution < -0.4 is 11.1 Å². The van der Waals surface area contributed by atoms with Crippen molar-refractivity contribution >= 4 is 11.6 Å². The minimum Gasteiger partial charge on any atom is -0.380 e. The summed E-state index contributed by atoms with van der Waals surface area (Å²) in [7, 11) is 1.66. The first kappa shape index (κ1) is 16.7. The van der Waals surface area contributed by atoms with Crippen molar-refractivity contribution in [1.29, 1.82) is 0 Å². The van der Waals surface area contributed by atoms with E-state index in [4.69, 9.17) is 10.5 Å². The second-order valence-corrected chi connectivity index (χ2v) is 5.62. The summed E-state index contributed by atoms with van der Waals surface area (Å²) >= 11 is 0. The van der Waals surface area contributed by atoms with E-state index in [0.29, 0.717) is 25.5 Å². The van der Waals surface area contributed by atoms with Crippen LogP contribution in [0, 0.1) is 11.8 Å². The summed E-state index contributed by atoms with van der Waals surface area (Å²) in [6.45, 7) is 5.39. The molecule has 0 radical (unpaired) electrons. The van der Waals surface area contributed by atoms with Gasteiger partial charge in [0.1, 0.15) is 0 Å². The molecule has 4 heteroatoms. The van der Waals surface area contributed by atoms with E-state index in [1.54, 1.807) is 7.11 Å². The van der Waals surface area contributed by atoms with Crippen LogP contribution in [0.3, 0.4) is 0 Å². The number of carbonyl (C=O) groups is 1. The Bertz CT molecular complexity index is 419. The zero-order valence-corrected chi connectivity index (χ0v) is 12.7. The van der Waals surface area contributed by atoms with Crippen molar-refractivity contribution in [2.45, 2.75) is 33.3 Å². The third-order valence-corrected chi connectivity index (χ3v) is 3.13. The van der Waals surface area contributed by atoms with Gasteiger partial charge in [0.25, 0.3) is 0 Å². The molecule has 0 heterocycles. The minimum atomic E-state index is 0.0238. The fraction of sp³-hybridized carbons (Fsp3) is 0.562. The number of ether oxygens (including phenoxy) is 1. The first-order valence-electron chi connectivity index (χ1n) is 7.13. The Balaban J connectivity index is 2.54. The number of methoxy groups -OCH3 is 1. The van der Waals surface area contributed by atoms with Crippen LogP contribution in [0.4, 0.5) is 5.69 Å². The van der Waals surface area contributed by atoms with Gasteiger partial charge in [-0.2, -0.15) is 0 Å². The quantitative estimate of drug-likeness (QED) is 0.768. The van der Waals surface area contributed by atoms with Gasteiger partial charge in [0.05, 0.1) is 6.61 Å². The molecule has 0 bridgehead atoms. The lowest BCUT2D eigenvalue weighted by molar-refractivity contribution is -0.117. The average molecular weight is 278 g/mol. The molecule has 1 atom stereocenters. The Hall–Kier alpha value is -1.39. The Morgan fingerprint density at radius 2 is 2.15 bits per heavy atom. The van der Waals surface area contributed by atoms with Gasteiger partial charge < -0.3 is 15.8 Å². The number of amides is 1. The number of hydrogen-bond donors (Lipinski definition) is 2. The number of benzene rings is 1. The van der Waals surface area contributed by atoms with Gasteiger partial charge in [0.2, 0.25) is 5.91 Å². The van der Waals surface area contributed by atoms with Gasteiger partial charge >= 0.3 is 0 Å². The molecule has 3 N–H and O–H groups in total. The molecule has 0 spiro atoms. The van der Waals surface area contributed by atoms with Gasteiger partial charge in [0, 0.05) is 19.2 Å². The smallest absolute Gasteiger partial charge is 0.224 e. The maximum atomic E-state index is 12.0. The lowest BCUT2D eigenvalue weighted by Gasteiger charge is -2.16. The molecule has 0 aliphatic carbocycles. The van der Waals surface area contributed by atoms with Gasteiger partial charge in [-0.15, -0.1) is 0 Å². The van der Waals surface area contributed by atoms with E-state index in [9.17, 15) is 4.79 Å². The predicted octanol–water partition coefficient (Wildman–Crippen LogP) is 2.78. The molecule has 1 amide bonds. The summed E-state index contributed by atoms with van der Waals surface area (Å²) in [5.74, 6) is 0.828. The molecule has 0 aromatic heterocycles. The Morgan fingerprint density at radius 1 is 1.40 bits per heavy atom. The highest BCUT2D eigenvalue weighted by Crippen LogP contribution is 2.16. The molecule has 0 saturated heterocycles. The van der Waals surface area contributed by atoms with Crippen LogP contribution in [0.1, 0.15) is 32.3 Å². The van der Waals surface area contributed by atoms with Crippen LogP contribution in [-0.4, -0.2) is 19.6 Å². The normalized spacial score (nSPS) is 12.4. The molecule has 20 heavy (non-hydrogen) atoms. The monoisotopic (exact) mass is 278 g/mol. The summed E-state index contributed by atoms with van der Waals surface area (Å²) in [4.78, 5) is 12.0. The average Bonchev–Trinajstić information content (AvgIpc) is 2.38. The van der Waals surface area contributed by atoms with Gasteiger partial charge in [-0.1, -0.05) is 26.0 Å². The molecule has 0 aliphatic rings. The number of anilines is 1. The first-order valence-corrected chi connectivity index (χ1v) is 7.13. The van der Waals surface area contributed by atoms with Crippen LogP contribution in [0.2, 0.25) is 0 Å². The summed E-state index contributed by atoms with van der Waals surface area (Å²) < 4.78 is 5.08. The fourth-order valence-corrected chi connectivity index (χ4v) is 2.31. The van der Waals surface area contributed by atoms with Crippen LogP contribution in [0.15, 0.2) is 24.3 Å². The van der Waals surface area contributed by atoms with Crippen LogP contribution in [-0.2, 0) is 16.1 Å². The van der Waals surface area contributed by atoms with E-state index in [-0.39, 0.29) is 11.8 Å². The SMILES string of the molecule is COCc1cccc(NC(=O)C[C@@H](CN)CC(C)C)c1. The lowest BCUT2D eigenvalue weighted by atomic mass is 9.94. The molecule has 1 aromatic carbocycles. The summed E-state index contributed by atoms with van der Waals surface area (Å²) in [5.41, 5.74) is 7.58. The standard InChI is InChI=1S/C16H26N2O2/c1-12(2)7-14(10-17)9-16(19)18-15-6-4-5-13(8-15)11-20-3/h4-6,8,12,14H,7,9-11,17H2,1-3H3,(H,18,19)/t14-/m0/s1. The van der Waals surface area contributed by atoms with Crippen molar-refractivity contribution in [1.82, 2.24) is 0 Å². The Kier molecular flexibility index (Phi) is 7.26. The highest BCUT2D eigenvalue weighted by atomic mass is 16.5. The molecule has 0 unspecified atom stereocenters. The van der Waals surface area contributed by atoms with E-state index in [2.05, 4.69) is 19.2 Å². The molecule has 0 fully saturated rings. The minimum absolute atomic E-state index is 0.0238. The molecule has 4 nitrogen and oxygen atoms in total. The van der Waals surface area contributed by atoms with Crippen LogP contribution >= 0.6 is 0 Å². The van der Waals surface area contributed by atoms with Gasteiger partial charge in [-0.3, -0.25) is 4.79 Å². The summed E-state index contributed by atoms with van der Waals surface area (Å²) in [6, 6.07) is 7.71. The zero-order chi connectivity index (χ0) is 15.0. The number of carbonyl (C=O) groups excluding carboxylic acids is 1. The molecule has 0 saturated carbocycles. The molecule has 112 valence electrons. The van der Waals surface area contributed by atoms with E-state index in [1.807, 2.05) is 24.3 Å². The van der Waals surface area contributed by atoms with E-state index in [0.717, 1.165) is 17.7 Å². The fourth-order valence-electron chi connectivity index (χ4n) is 2.31. The molecule has 0 aliphatic heterocycles.